The van der Waals surface area contributed by atoms with Crippen LogP contribution < -0.4 is 10.2 Å². The number of likely N-dealkylation sites (N-methyl/N-ethyl adjacent to an activating group) is 2. The largest absolute Gasteiger partial charge is 0.348 e. The first-order valence-electron chi connectivity index (χ1n) is 5.76. The number of amides is 2. The summed E-state index contributed by atoms with van der Waals surface area (Å²) in [5.41, 5.74) is 1.81. The van der Waals surface area contributed by atoms with Gasteiger partial charge in [0.25, 0.3) is 0 Å². The summed E-state index contributed by atoms with van der Waals surface area (Å²) in [6.45, 7) is 6.51. The number of hydrogen-bond acceptors (Lipinski definition) is 2. The molecule has 0 saturated carbocycles. The molecule has 0 bridgehead atoms. The number of hydrogen-bond donors (Lipinski definition) is 1. The molecular weight excluding hydrogens is 216 g/mol. The van der Waals surface area contributed by atoms with Crippen molar-refractivity contribution in [1.82, 2.24) is 5.32 Å². The van der Waals surface area contributed by atoms with E-state index in [1.807, 2.05) is 38.1 Å². The van der Waals surface area contributed by atoms with Crippen molar-refractivity contribution < 1.29 is 9.59 Å². The van der Waals surface area contributed by atoms with Gasteiger partial charge in [-0.25, -0.2) is 0 Å². The maximum Gasteiger partial charge on any atom is 0.316 e. The number of nitrogens with one attached hydrogen (secondary N) is 1. The molecule has 0 aromatic heterocycles. The lowest BCUT2D eigenvalue weighted by Gasteiger charge is -2.20. The van der Waals surface area contributed by atoms with Crippen LogP contribution in [0.3, 0.4) is 0 Å². The minimum absolute atomic E-state index is 0.454. The van der Waals surface area contributed by atoms with Gasteiger partial charge in [-0.15, -0.1) is 0 Å². The average Bonchev–Trinajstić information content (AvgIpc) is 2.30. The lowest BCUT2D eigenvalue weighted by atomic mass is 10.2. The summed E-state index contributed by atoms with van der Waals surface area (Å²) in [4.78, 5) is 24.9. The SMILES string of the molecule is CCNC(=O)C(=O)N(CC)c1cccc(C)c1. The Bertz CT molecular complexity index is 416. The molecule has 0 saturated heterocycles. The van der Waals surface area contributed by atoms with Crippen LogP contribution >= 0.6 is 0 Å². The lowest BCUT2D eigenvalue weighted by Crippen LogP contribution is -2.43. The van der Waals surface area contributed by atoms with Crippen LogP contribution in [0.2, 0.25) is 0 Å². The first-order chi connectivity index (χ1) is 8.10. The van der Waals surface area contributed by atoms with E-state index in [-0.39, 0.29) is 0 Å². The van der Waals surface area contributed by atoms with Crippen LogP contribution in [-0.4, -0.2) is 24.9 Å². The van der Waals surface area contributed by atoms with Crippen molar-refractivity contribution in [2.45, 2.75) is 20.8 Å². The van der Waals surface area contributed by atoms with Crippen molar-refractivity contribution >= 4 is 17.5 Å². The van der Waals surface area contributed by atoms with Crippen LogP contribution in [0.5, 0.6) is 0 Å². The summed E-state index contributed by atoms with van der Waals surface area (Å²) in [7, 11) is 0. The highest BCUT2D eigenvalue weighted by Gasteiger charge is 2.21. The molecule has 0 aliphatic heterocycles. The molecule has 0 heterocycles. The highest BCUT2D eigenvalue weighted by molar-refractivity contribution is 6.40. The van der Waals surface area contributed by atoms with Gasteiger partial charge in [-0.3, -0.25) is 9.59 Å². The summed E-state index contributed by atoms with van der Waals surface area (Å²) in [5, 5.41) is 2.51. The highest BCUT2D eigenvalue weighted by Crippen LogP contribution is 2.15. The Balaban J connectivity index is 2.92. The zero-order chi connectivity index (χ0) is 12.8. The molecule has 0 radical (unpaired) electrons. The monoisotopic (exact) mass is 234 g/mol. The van der Waals surface area contributed by atoms with E-state index < -0.39 is 11.8 Å². The third kappa shape index (κ3) is 3.31. The lowest BCUT2D eigenvalue weighted by molar-refractivity contribution is -0.137. The number of benzene rings is 1. The van der Waals surface area contributed by atoms with Crippen molar-refractivity contribution in [2.24, 2.45) is 0 Å². The maximum atomic E-state index is 11.9. The van der Waals surface area contributed by atoms with Crippen molar-refractivity contribution in [3.63, 3.8) is 0 Å². The number of carbonyl (C=O) groups excluding carboxylic acids is 2. The Morgan fingerprint density at radius 2 is 2.00 bits per heavy atom. The van der Waals surface area contributed by atoms with Crippen LogP contribution in [-0.2, 0) is 9.59 Å². The minimum atomic E-state index is -0.559. The Kier molecular flexibility index (Phi) is 4.69. The minimum Gasteiger partial charge on any atom is -0.348 e. The van der Waals surface area contributed by atoms with E-state index >= 15 is 0 Å². The van der Waals surface area contributed by atoms with Crippen LogP contribution in [0.15, 0.2) is 24.3 Å². The average molecular weight is 234 g/mol. The molecule has 0 atom stereocenters. The van der Waals surface area contributed by atoms with Gasteiger partial charge in [-0.05, 0) is 38.5 Å². The Morgan fingerprint density at radius 3 is 2.53 bits per heavy atom. The van der Waals surface area contributed by atoms with Gasteiger partial charge in [0.1, 0.15) is 0 Å². The molecule has 1 N–H and O–H groups in total. The normalized spacial score (nSPS) is 9.82. The van der Waals surface area contributed by atoms with Crippen LogP contribution in [0, 0.1) is 6.92 Å². The number of nitrogens with zero attached hydrogens (tertiary/aromatic N) is 1. The first-order valence-corrected chi connectivity index (χ1v) is 5.76. The summed E-state index contributed by atoms with van der Waals surface area (Å²) in [6.07, 6.45) is 0. The number of rotatable bonds is 3. The van der Waals surface area contributed by atoms with Gasteiger partial charge < -0.3 is 10.2 Å². The fourth-order valence-corrected chi connectivity index (χ4v) is 1.60. The molecule has 1 aromatic rings. The zero-order valence-electron chi connectivity index (χ0n) is 10.5. The zero-order valence-corrected chi connectivity index (χ0v) is 10.5. The maximum absolute atomic E-state index is 11.9. The van der Waals surface area contributed by atoms with E-state index in [0.29, 0.717) is 13.1 Å². The summed E-state index contributed by atoms with van der Waals surface area (Å²) < 4.78 is 0. The third-order valence-electron chi connectivity index (χ3n) is 2.41. The van der Waals surface area contributed by atoms with Gasteiger partial charge in [0.15, 0.2) is 0 Å². The predicted molar refractivity (Wildman–Crippen MR) is 67.9 cm³/mol. The van der Waals surface area contributed by atoms with Gasteiger partial charge in [0, 0.05) is 18.8 Å². The number of aryl methyl sites for hydroxylation is 1. The number of carbonyl (C=O) groups is 2. The van der Waals surface area contributed by atoms with Gasteiger partial charge in [-0.1, -0.05) is 12.1 Å². The fraction of sp³-hybridized carbons (Fsp3) is 0.385. The van der Waals surface area contributed by atoms with Gasteiger partial charge >= 0.3 is 11.8 Å². The van der Waals surface area contributed by atoms with Crippen molar-refractivity contribution in [3.8, 4) is 0 Å². The molecule has 17 heavy (non-hydrogen) atoms. The summed E-state index contributed by atoms with van der Waals surface area (Å²) >= 11 is 0. The van der Waals surface area contributed by atoms with Crippen molar-refractivity contribution in [3.05, 3.63) is 29.8 Å². The van der Waals surface area contributed by atoms with Gasteiger partial charge in [0.2, 0.25) is 0 Å². The Morgan fingerprint density at radius 1 is 1.29 bits per heavy atom. The van der Waals surface area contributed by atoms with E-state index in [1.165, 1.54) is 4.90 Å². The van der Waals surface area contributed by atoms with Gasteiger partial charge in [0.05, 0.1) is 0 Å². The molecule has 4 nitrogen and oxygen atoms in total. The molecule has 4 heteroatoms. The van der Waals surface area contributed by atoms with Crippen LogP contribution in [0.1, 0.15) is 19.4 Å². The van der Waals surface area contributed by atoms with Crippen molar-refractivity contribution in [2.75, 3.05) is 18.0 Å². The molecule has 92 valence electrons. The third-order valence-corrected chi connectivity index (χ3v) is 2.41. The smallest absolute Gasteiger partial charge is 0.316 e. The summed E-state index contributed by atoms with van der Waals surface area (Å²) in [6, 6.07) is 7.54. The number of anilines is 1. The van der Waals surface area contributed by atoms with Crippen molar-refractivity contribution in [1.29, 1.82) is 0 Å². The van der Waals surface area contributed by atoms with Crippen LogP contribution in [0.4, 0.5) is 5.69 Å². The molecule has 0 unspecified atom stereocenters. The highest BCUT2D eigenvalue weighted by atomic mass is 16.2. The molecule has 0 aliphatic carbocycles. The standard InChI is InChI=1S/C13H18N2O2/c1-4-14-12(16)13(17)15(5-2)11-8-6-7-10(3)9-11/h6-9H,4-5H2,1-3H3,(H,14,16). The first kappa shape index (κ1) is 13.2. The van der Waals surface area contributed by atoms with E-state index in [2.05, 4.69) is 5.32 Å². The second kappa shape index (κ2) is 6.03. The van der Waals surface area contributed by atoms with E-state index in [0.717, 1.165) is 11.3 Å². The molecule has 1 rings (SSSR count). The predicted octanol–water partition coefficient (Wildman–Crippen LogP) is 1.48. The van der Waals surface area contributed by atoms with E-state index in [1.54, 1.807) is 6.92 Å². The topological polar surface area (TPSA) is 49.4 Å². The molecule has 2 amide bonds. The quantitative estimate of drug-likeness (QED) is 0.805. The summed E-state index contributed by atoms with van der Waals surface area (Å²) in [5.74, 6) is -1.07. The van der Waals surface area contributed by atoms with Crippen LogP contribution in [0.25, 0.3) is 0 Å². The van der Waals surface area contributed by atoms with E-state index in [4.69, 9.17) is 0 Å². The molecule has 0 aliphatic rings. The second-order valence-electron chi connectivity index (χ2n) is 3.75. The molecule has 0 fully saturated rings. The Hall–Kier alpha value is -1.84. The Labute approximate surface area is 102 Å². The van der Waals surface area contributed by atoms with E-state index in [9.17, 15) is 9.59 Å². The molecule has 1 aromatic carbocycles. The molecular formula is C13H18N2O2. The second-order valence-corrected chi connectivity index (χ2v) is 3.75. The molecule has 0 spiro atoms. The van der Waals surface area contributed by atoms with Gasteiger partial charge in [-0.2, -0.15) is 0 Å². The fourth-order valence-electron chi connectivity index (χ4n) is 1.60.